The summed E-state index contributed by atoms with van der Waals surface area (Å²) in [5, 5.41) is 23.2. The molecular weight excluding hydrogens is 412 g/mol. The number of phenolic OH excluding ortho intramolecular Hbond substituents is 2. The Morgan fingerprint density at radius 1 is 0.788 bits per heavy atom. The van der Waals surface area contributed by atoms with Crippen molar-refractivity contribution in [2.75, 3.05) is 19.8 Å². The normalized spacial score (nSPS) is 17.5. The monoisotopic (exact) mass is 454 g/mol. The molecule has 182 valence electrons. The summed E-state index contributed by atoms with van der Waals surface area (Å²) < 4.78 is 12.0. The first-order chi connectivity index (χ1) is 15.4. The molecule has 4 nitrogen and oxygen atoms in total. The zero-order chi connectivity index (χ0) is 24.6. The molecule has 0 aliphatic carbocycles. The molecule has 2 aromatic carbocycles. The first-order valence-corrected chi connectivity index (χ1v) is 12.3. The molecule has 4 heteroatoms. The Morgan fingerprint density at radius 2 is 1.24 bits per heavy atom. The number of hydrogen-bond acceptors (Lipinski definition) is 4. The van der Waals surface area contributed by atoms with E-state index in [9.17, 15) is 10.2 Å². The molecule has 3 rings (SSSR count). The van der Waals surface area contributed by atoms with E-state index in [0.717, 1.165) is 46.2 Å². The van der Waals surface area contributed by atoms with Crippen molar-refractivity contribution < 1.29 is 19.7 Å². The van der Waals surface area contributed by atoms with Gasteiger partial charge in [0.05, 0.1) is 25.9 Å². The van der Waals surface area contributed by atoms with E-state index in [4.69, 9.17) is 9.47 Å². The molecule has 0 amide bonds. The van der Waals surface area contributed by atoms with Crippen LogP contribution in [0.1, 0.15) is 94.7 Å². The first kappa shape index (κ1) is 25.6. The van der Waals surface area contributed by atoms with Crippen LogP contribution in [0.5, 0.6) is 11.5 Å². The Bertz CT molecular complexity index is 901. The minimum Gasteiger partial charge on any atom is -0.507 e. The lowest BCUT2D eigenvalue weighted by Crippen LogP contribution is -2.35. The van der Waals surface area contributed by atoms with Crippen LogP contribution >= 0.6 is 0 Å². The average molecular weight is 455 g/mol. The van der Waals surface area contributed by atoms with Crippen molar-refractivity contribution in [1.82, 2.24) is 0 Å². The van der Waals surface area contributed by atoms with E-state index >= 15 is 0 Å². The molecule has 1 aliphatic rings. The van der Waals surface area contributed by atoms with Crippen LogP contribution in [0.25, 0.3) is 0 Å². The molecule has 2 aromatic rings. The highest BCUT2D eigenvalue weighted by atomic mass is 16.6. The van der Waals surface area contributed by atoms with Gasteiger partial charge in [-0.1, -0.05) is 79.7 Å². The molecule has 2 N–H and O–H groups in total. The molecular formula is C29H42O4. The van der Waals surface area contributed by atoms with Gasteiger partial charge in [0, 0.05) is 17.0 Å². The molecule has 0 saturated carbocycles. The number of hydrogen-bond donors (Lipinski definition) is 2. The summed E-state index contributed by atoms with van der Waals surface area (Å²) in [7, 11) is 0. The minimum absolute atomic E-state index is 0.220. The molecule has 33 heavy (non-hydrogen) atoms. The smallest absolute Gasteiger partial charge is 0.123 e. The number of aromatic hydroxyl groups is 2. The molecule has 1 unspecified atom stereocenters. The highest BCUT2D eigenvalue weighted by Crippen LogP contribution is 2.47. The average Bonchev–Trinajstić information content (AvgIpc) is 2.75. The lowest BCUT2D eigenvalue weighted by Gasteiger charge is -2.35. The maximum Gasteiger partial charge on any atom is 0.123 e. The zero-order valence-corrected chi connectivity index (χ0v) is 21.7. The molecule has 1 heterocycles. The van der Waals surface area contributed by atoms with E-state index in [1.54, 1.807) is 0 Å². The number of aryl methyl sites for hydroxylation is 2. The van der Waals surface area contributed by atoms with Crippen LogP contribution in [0.4, 0.5) is 0 Å². The lowest BCUT2D eigenvalue weighted by molar-refractivity contribution is -0.0940. The fraction of sp³-hybridized carbons (Fsp3) is 0.586. The summed E-state index contributed by atoms with van der Waals surface area (Å²) in [4.78, 5) is 0. The maximum atomic E-state index is 11.6. The summed E-state index contributed by atoms with van der Waals surface area (Å²) in [6.07, 6.45) is 1.42. The Balaban J connectivity index is 2.35. The Hall–Kier alpha value is -2.04. The van der Waals surface area contributed by atoms with Crippen molar-refractivity contribution in [3.8, 4) is 11.5 Å². The van der Waals surface area contributed by atoms with Gasteiger partial charge in [0.25, 0.3) is 0 Å². The third kappa shape index (κ3) is 5.38. The van der Waals surface area contributed by atoms with Gasteiger partial charge >= 0.3 is 0 Å². The zero-order valence-electron chi connectivity index (χ0n) is 21.7. The standard InChI is InChI=1S/C29H42O4/c1-9-18-13-20(26(30)22(15-18)28(3,4)5)25(24-17-32-11-12-33-24)21-14-19(10-2)16-23(27(21)31)29(6,7)8/h13-16,24-25,30-31H,9-12,17H2,1-8H3. The largest absolute Gasteiger partial charge is 0.507 e. The van der Waals surface area contributed by atoms with Gasteiger partial charge in [-0.25, -0.2) is 0 Å². The number of ether oxygens (including phenoxy) is 2. The van der Waals surface area contributed by atoms with Crippen molar-refractivity contribution in [3.05, 3.63) is 57.6 Å². The predicted octanol–water partition coefficient (Wildman–Crippen LogP) is 6.36. The van der Waals surface area contributed by atoms with Gasteiger partial charge in [-0.3, -0.25) is 0 Å². The second-order valence-corrected chi connectivity index (χ2v) is 11.3. The van der Waals surface area contributed by atoms with Crippen molar-refractivity contribution in [1.29, 1.82) is 0 Å². The second-order valence-electron chi connectivity index (χ2n) is 11.3. The predicted molar refractivity (Wildman–Crippen MR) is 135 cm³/mol. The molecule has 0 aromatic heterocycles. The van der Waals surface area contributed by atoms with Crippen molar-refractivity contribution in [2.45, 2.75) is 91.1 Å². The van der Waals surface area contributed by atoms with Gasteiger partial charge in [-0.05, 0) is 45.9 Å². The van der Waals surface area contributed by atoms with E-state index in [1.165, 1.54) is 0 Å². The Labute approximate surface area is 200 Å². The van der Waals surface area contributed by atoms with E-state index in [1.807, 2.05) is 0 Å². The van der Waals surface area contributed by atoms with Crippen LogP contribution in [0.3, 0.4) is 0 Å². The molecule has 0 radical (unpaired) electrons. The number of rotatable bonds is 5. The van der Waals surface area contributed by atoms with E-state index in [2.05, 4.69) is 79.7 Å². The molecule has 1 aliphatic heterocycles. The van der Waals surface area contributed by atoms with Gasteiger partial charge in [-0.15, -0.1) is 0 Å². The van der Waals surface area contributed by atoms with Crippen LogP contribution in [-0.2, 0) is 33.1 Å². The summed E-state index contributed by atoms with van der Waals surface area (Å²) in [6.45, 7) is 18.5. The first-order valence-electron chi connectivity index (χ1n) is 12.3. The van der Waals surface area contributed by atoms with Gasteiger partial charge in [-0.2, -0.15) is 0 Å². The van der Waals surface area contributed by atoms with Crippen molar-refractivity contribution in [2.24, 2.45) is 0 Å². The fourth-order valence-corrected chi connectivity index (χ4v) is 4.73. The van der Waals surface area contributed by atoms with Gasteiger partial charge in [0.15, 0.2) is 0 Å². The molecule has 0 bridgehead atoms. The van der Waals surface area contributed by atoms with Crippen LogP contribution in [0, 0.1) is 0 Å². The topological polar surface area (TPSA) is 58.9 Å². The maximum absolute atomic E-state index is 11.6. The lowest BCUT2D eigenvalue weighted by atomic mass is 9.76. The molecule has 1 atom stereocenters. The fourth-order valence-electron chi connectivity index (χ4n) is 4.73. The molecule has 1 saturated heterocycles. The summed E-state index contributed by atoms with van der Waals surface area (Å²) in [6, 6.07) is 8.39. The second kappa shape index (κ2) is 9.68. The Kier molecular flexibility index (Phi) is 7.50. The van der Waals surface area contributed by atoms with E-state index in [-0.39, 0.29) is 34.4 Å². The van der Waals surface area contributed by atoms with Crippen molar-refractivity contribution in [3.63, 3.8) is 0 Å². The summed E-state index contributed by atoms with van der Waals surface area (Å²) >= 11 is 0. The van der Waals surface area contributed by atoms with Crippen LogP contribution in [0.2, 0.25) is 0 Å². The van der Waals surface area contributed by atoms with E-state index < -0.39 is 0 Å². The van der Waals surface area contributed by atoms with Gasteiger partial charge in [0.2, 0.25) is 0 Å². The SMILES string of the molecule is CCc1cc(C(c2cc(CC)cc(C(C)(C)C)c2O)C2COCCO2)c(O)c(C(C)(C)C)c1. The number of phenols is 2. The van der Waals surface area contributed by atoms with E-state index in [0.29, 0.717) is 19.8 Å². The minimum atomic E-state index is -0.342. The van der Waals surface area contributed by atoms with Crippen LogP contribution in [-0.4, -0.2) is 36.1 Å². The quantitative estimate of drug-likeness (QED) is 0.551. The third-order valence-electron chi connectivity index (χ3n) is 6.71. The van der Waals surface area contributed by atoms with Gasteiger partial charge in [0.1, 0.15) is 11.5 Å². The highest BCUT2D eigenvalue weighted by Gasteiger charge is 2.36. The van der Waals surface area contributed by atoms with Crippen LogP contribution < -0.4 is 0 Å². The summed E-state index contributed by atoms with van der Waals surface area (Å²) in [5.41, 5.74) is 5.33. The van der Waals surface area contributed by atoms with Crippen LogP contribution in [0.15, 0.2) is 24.3 Å². The molecule has 0 spiro atoms. The third-order valence-corrected chi connectivity index (χ3v) is 6.71. The molecule has 1 fully saturated rings. The summed E-state index contributed by atoms with van der Waals surface area (Å²) in [5.74, 6) is 0.237. The number of benzene rings is 2. The van der Waals surface area contributed by atoms with Crippen molar-refractivity contribution >= 4 is 0 Å². The highest BCUT2D eigenvalue weighted by molar-refractivity contribution is 5.57. The van der Waals surface area contributed by atoms with Gasteiger partial charge < -0.3 is 19.7 Å². The Morgan fingerprint density at radius 3 is 1.58 bits per heavy atom.